The first-order valence-electron chi connectivity index (χ1n) is 11.0. The molecule has 3 aromatic carbocycles. The van der Waals surface area contributed by atoms with E-state index >= 15 is 0 Å². The van der Waals surface area contributed by atoms with E-state index in [1.165, 1.54) is 5.56 Å². The summed E-state index contributed by atoms with van der Waals surface area (Å²) in [6.07, 6.45) is 0.567. The Balaban J connectivity index is 1.39. The molecule has 0 saturated heterocycles. The van der Waals surface area contributed by atoms with Crippen LogP contribution in [0.3, 0.4) is 0 Å². The monoisotopic (exact) mass is 417 g/mol. The minimum absolute atomic E-state index is 0.0742. The maximum absolute atomic E-state index is 6.52. The van der Waals surface area contributed by atoms with Gasteiger partial charge in [0.2, 0.25) is 0 Å². The van der Waals surface area contributed by atoms with Crippen LogP contribution in [0.1, 0.15) is 23.1 Å². The van der Waals surface area contributed by atoms with Crippen molar-refractivity contribution in [3.63, 3.8) is 0 Å². The molecule has 162 valence electrons. The molecule has 0 bridgehead atoms. The zero-order valence-electron chi connectivity index (χ0n) is 17.8. The van der Waals surface area contributed by atoms with Crippen LogP contribution in [0.4, 0.5) is 0 Å². The first-order chi connectivity index (χ1) is 15.3. The number of hydrogen-bond donors (Lipinski definition) is 1. The van der Waals surface area contributed by atoms with Gasteiger partial charge in [-0.25, -0.2) is 0 Å². The van der Waals surface area contributed by atoms with Crippen molar-refractivity contribution in [3.05, 3.63) is 108 Å². The van der Waals surface area contributed by atoms with E-state index in [0.717, 1.165) is 17.5 Å². The summed E-state index contributed by atoms with van der Waals surface area (Å²) in [5.41, 5.74) is 9.97. The minimum atomic E-state index is -0.158. The van der Waals surface area contributed by atoms with Crippen LogP contribution in [0.2, 0.25) is 0 Å². The van der Waals surface area contributed by atoms with Crippen molar-refractivity contribution in [2.24, 2.45) is 11.7 Å². The number of ether oxygens (including phenoxy) is 3. The Bertz CT molecular complexity index is 888. The van der Waals surface area contributed by atoms with E-state index in [0.29, 0.717) is 26.4 Å². The number of hydrogen-bond acceptors (Lipinski definition) is 4. The molecule has 1 aliphatic rings. The van der Waals surface area contributed by atoms with E-state index in [9.17, 15) is 0 Å². The molecule has 1 fully saturated rings. The summed E-state index contributed by atoms with van der Waals surface area (Å²) in [5.74, 6) is 0.197. The fraction of sp³-hybridized carbons (Fsp3) is 0.333. The van der Waals surface area contributed by atoms with Gasteiger partial charge >= 0.3 is 0 Å². The highest BCUT2D eigenvalue weighted by Crippen LogP contribution is 2.32. The van der Waals surface area contributed by atoms with Gasteiger partial charge in [0.25, 0.3) is 0 Å². The van der Waals surface area contributed by atoms with E-state index < -0.39 is 0 Å². The van der Waals surface area contributed by atoms with Gasteiger partial charge in [-0.2, -0.15) is 0 Å². The van der Waals surface area contributed by atoms with Crippen molar-refractivity contribution in [1.29, 1.82) is 0 Å². The maximum Gasteiger partial charge on any atom is 0.0995 e. The van der Waals surface area contributed by atoms with Crippen molar-refractivity contribution >= 4 is 0 Å². The largest absolute Gasteiger partial charge is 0.376 e. The van der Waals surface area contributed by atoms with Gasteiger partial charge in [-0.1, -0.05) is 91.0 Å². The molecule has 0 aliphatic heterocycles. The molecule has 0 heterocycles. The number of rotatable bonds is 10. The molecule has 3 aromatic rings. The van der Waals surface area contributed by atoms with Crippen LogP contribution >= 0.6 is 0 Å². The Morgan fingerprint density at radius 3 is 1.58 bits per heavy atom. The molecule has 4 atom stereocenters. The molecule has 0 spiro atoms. The highest BCUT2D eigenvalue weighted by Gasteiger charge is 2.43. The Hall–Kier alpha value is -2.50. The highest BCUT2D eigenvalue weighted by atomic mass is 16.5. The predicted molar refractivity (Wildman–Crippen MR) is 122 cm³/mol. The zero-order valence-corrected chi connectivity index (χ0v) is 17.8. The highest BCUT2D eigenvalue weighted by molar-refractivity contribution is 5.15. The van der Waals surface area contributed by atoms with Crippen LogP contribution in [0, 0.1) is 5.92 Å². The Labute approximate surface area is 185 Å². The quantitative estimate of drug-likeness (QED) is 0.519. The topological polar surface area (TPSA) is 53.7 Å². The standard InChI is InChI=1S/C27H31NO3/c28-25-16-24(20-29-17-21-10-4-1-5-11-21)26(30-18-22-12-6-2-7-13-22)27(25)31-19-23-14-8-3-9-15-23/h1-15,24-27H,16-20,28H2/t24-,25-,26?,27?/m1/s1. The second kappa shape index (κ2) is 11.2. The lowest BCUT2D eigenvalue weighted by atomic mass is 10.1. The molecule has 31 heavy (non-hydrogen) atoms. The molecule has 4 heteroatoms. The summed E-state index contributed by atoms with van der Waals surface area (Å²) < 4.78 is 18.7. The first kappa shape index (κ1) is 21.7. The third kappa shape index (κ3) is 6.25. The molecule has 4 rings (SSSR count). The molecule has 0 aromatic heterocycles. The van der Waals surface area contributed by atoms with Crippen LogP contribution in [0.25, 0.3) is 0 Å². The zero-order chi connectivity index (χ0) is 21.3. The van der Waals surface area contributed by atoms with Crippen LogP contribution in [0.5, 0.6) is 0 Å². The predicted octanol–water partition coefficient (Wildman–Crippen LogP) is 4.72. The third-order valence-electron chi connectivity index (χ3n) is 5.80. The normalized spacial score (nSPS) is 23.1. The Kier molecular flexibility index (Phi) is 7.86. The van der Waals surface area contributed by atoms with Gasteiger partial charge in [0.1, 0.15) is 0 Å². The van der Waals surface area contributed by atoms with Gasteiger partial charge in [-0.3, -0.25) is 0 Å². The Morgan fingerprint density at radius 2 is 1.06 bits per heavy atom. The third-order valence-corrected chi connectivity index (χ3v) is 5.80. The number of benzene rings is 3. The van der Waals surface area contributed by atoms with Crippen molar-refractivity contribution < 1.29 is 14.2 Å². The molecule has 1 saturated carbocycles. The average Bonchev–Trinajstić information content (AvgIpc) is 3.12. The fourth-order valence-corrected chi connectivity index (χ4v) is 4.18. The van der Waals surface area contributed by atoms with Crippen molar-refractivity contribution in [2.45, 2.75) is 44.5 Å². The van der Waals surface area contributed by atoms with Gasteiger partial charge in [0.05, 0.1) is 38.6 Å². The fourth-order valence-electron chi connectivity index (χ4n) is 4.18. The molecule has 2 unspecified atom stereocenters. The number of nitrogens with two attached hydrogens (primary N) is 1. The van der Waals surface area contributed by atoms with E-state index in [-0.39, 0.29) is 24.2 Å². The van der Waals surface area contributed by atoms with Crippen LogP contribution in [0.15, 0.2) is 91.0 Å². The van der Waals surface area contributed by atoms with Gasteiger partial charge in [-0.15, -0.1) is 0 Å². The summed E-state index contributed by atoms with van der Waals surface area (Å²) in [5, 5.41) is 0. The van der Waals surface area contributed by atoms with Crippen LogP contribution in [-0.4, -0.2) is 24.9 Å². The van der Waals surface area contributed by atoms with E-state index in [2.05, 4.69) is 36.4 Å². The van der Waals surface area contributed by atoms with Crippen LogP contribution < -0.4 is 5.73 Å². The summed E-state index contributed by atoms with van der Waals surface area (Å²) >= 11 is 0. The molecule has 0 amide bonds. The van der Waals surface area contributed by atoms with E-state index in [1.807, 2.05) is 54.6 Å². The summed E-state index contributed by atoms with van der Waals surface area (Å²) in [4.78, 5) is 0. The lowest BCUT2D eigenvalue weighted by Crippen LogP contribution is -2.40. The maximum atomic E-state index is 6.52. The average molecular weight is 418 g/mol. The van der Waals surface area contributed by atoms with E-state index in [4.69, 9.17) is 19.9 Å². The SMILES string of the molecule is N[C@@H]1C[C@H](COCc2ccccc2)C(OCc2ccccc2)C1OCc1ccccc1. The van der Waals surface area contributed by atoms with Gasteiger partial charge in [-0.05, 0) is 23.1 Å². The van der Waals surface area contributed by atoms with E-state index in [1.54, 1.807) is 0 Å². The first-order valence-corrected chi connectivity index (χ1v) is 11.0. The smallest absolute Gasteiger partial charge is 0.0995 e. The summed E-state index contributed by atoms with van der Waals surface area (Å²) in [6, 6.07) is 30.6. The van der Waals surface area contributed by atoms with Gasteiger partial charge in [0, 0.05) is 12.0 Å². The lowest BCUT2D eigenvalue weighted by molar-refractivity contribution is -0.0976. The second-order valence-corrected chi connectivity index (χ2v) is 8.18. The lowest BCUT2D eigenvalue weighted by Gasteiger charge is -2.26. The van der Waals surface area contributed by atoms with Crippen molar-refractivity contribution in [2.75, 3.05) is 6.61 Å². The molecule has 2 N–H and O–H groups in total. The minimum Gasteiger partial charge on any atom is -0.376 e. The molecular weight excluding hydrogens is 386 g/mol. The molecule has 0 radical (unpaired) electrons. The van der Waals surface area contributed by atoms with Crippen molar-refractivity contribution in [1.82, 2.24) is 0 Å². The molecular formula is C27H31NO3. The Morgan fingerprint density at radius 1 is 0.613 bits per heavy atom. The summed E-state index contributed by atoms with van der Waals surface area (Å²) in [7, 11) is 0. The summed E-state index contributed by atoms with van der Waals surface area (Å²) in [6.45, 7) is 2.27. The van der Waals surface area contributed by atoms with Gasteiger partial charge < -0.3 is 19.9 Å². The van der Waals surface area contributed by atoms with Crippen molar-refractivity contribution in [3.8, 4) is 0 Å². The van der Waals surface area contributed by atoms with Crippen LogP contribution in [-0.2, 0) is 34.0 Å². The van der Waals surface area contributed by atoms with Gasteiger partial charge in [0.15, 0.2) is 0 Å². The molecule has 4 nitrogen and oxygen atoms in total. The second-order valence-electron chi connectivity index (χ2n) is 8.18. The molecule has 1 aliphatic carbocycles.